The monoisotopic (exact) mass is 762 g/mol. The number of ether oxygens (including phenoxy) is 3. The average molecular weight is 764 g/mol. The van der Waals surface area contributed by atoms with Gasteiger partial charge in [0.25, 0.3) is 0 Å². The number of benzene rings is 1. The van der Waals surface area contributed by atoms with Crippen LogP contribution in [0.1, 0.15) is 40.3 Å². The molecule has 4 heterocycles. The van der Waals surface area contributed by atoms with Crippen LogP contribution in [0.2, 0.25) is 5.28 Å². The highest BCUT2D eigenvalue weighted by Crippen LogP contribution is 2.43. The first kappa shape index (κ1) is 38.4. The molecule has 3 aromatic rings. The van der Waals surface area contributed by atoms with Gasteiger partial charge in [-0.25, -0.2) is 9.78 Å². The van der Waals surface area contributed by atoms with Gasteiger partial charge in [0.05, 0.1) is 25.5 Å². The second-order valence-electron chi connectivity index (χ2n) is 12.0. The summed E-state index contributed by atoms with van der Waals surface area (Å²) >= 11 is 13.2. The Kier molecular flexibility index (Phi) is 12.6. The van der Waals surface area contributed by atoms with Gasteiger partial charge in [-0.1, -0.05) is 17.7 Å². The highest BCUT2D eigenvalue weighted by Gasteiger charge is 2.56. The maximum Gasteiger partial charge on any atom is 0.319 e. The predicted molar refractivity (Wildman–Crippen MR) is 195 cm³/mol. The summed E-state index contributed by atoms with van der Waals surface area (Å²) in [4.78, 5) is 39.8. The minimum Gasteiger partial charge on any atom is -0.465 e. The molecule has 2 amide bonds. The summed E-state index contributed by atoms with van der Waals surface area (Å²) in [5.74, 6) is 2.05. The number of rotatable bonds is 14. The number of imidazole rings is 1. The van der Waals surface area contributed by atoms with Crippen LogP contribution in [-0.4, -0.2) is 96.8 Å². The second-order valence-corrected chi connectivity index (χ2v) is 13.7. The molecule has 0 radical (unpaired) electrons. The number of alkyl halides is 1. The number of terminal acetylenes is 1. The molecule has 274 valence electrons. The maximum atomic E-state index is 12.8. The second kappa shape index (κ2) is 16.7. The molecule has 1 saturated heterocycles. The number of carbonyl (C=O) groups excluding carboxylic acids is 2. The molecule has 6 atom stereocenters. The van der Waals surface area contributed by atoms with Crippen molar-refractivity contribution in [1.29, 1.82) is 0 Å². The van der Waals surface area contributed by atoms with Crippen molar-refractivity contribution in [1.82, 2.24) is 24.8 Å². The first-order valence-corrected chi connectivity index (χ1v) is 18.1. The van der Waals surface area contributed by atoms with E-state index in [-0.39, 0.29) is 36.2 Å². The van der Waals surface area contributed by atoms with Gasteiger partial charge in [0, 0.05) is 35.5 Å². The fourth-order valence-electron chi connectivity index (χ4n) is 5.54. The van der Waals surface area contributed by atoms with Gasteiger partial charge in [-0.3, -0.25) is 9.36 Å². The number of aliphatic hydroxyl groups is 2. The molecule has 15 nitrogen and oxygen atoms in total. The van der Waals surface area contributed by atoms with E-state index in [4.69, 9.17) is 43.8 Å². The van der Waals surface area contributed by atoms with Crippen molar-refractivity contribution in [2.45, 2.75) is 69.8 Å². The number of urea groups is 1. The highest BCUT2D eigenvalue weighted by atomic mass is 35.5. The first-order chi connectivity index (χ1) is 24.4. The molecule has 2 aliphatic rings. The van der Waals surface area contributed by atoms with E-state index in [1.807, 2.05) is 13.8 Å². The SMILES string of the molecule is C#C[C@@]1(O)[C@@H](COC2SC=C(C(C)C(=O)OCC)N2c2ccc(NC(=O)NCCCCl)cc2)O[C@@H](n2cnc3c(NC(C)C)nc(Cl)nc32)[C@@H]1O. The van der Waals surface area contributed by atoms with Crippen molar-refractivity contribution in [3.63, 3.8) is 0 Å². The van der Waals surface area contributed by atoms with Crippen molar-refractivity contribution in [2.75, 3.05) is 41.2 Å². The van der Waals surface area contributed by atoms with Crippen molar-refractivity contribution in [3.05, 3.63) is 47.0 Å². The number of thioether (sulfide) groups is 1. The lowest BCUT2D eigenvalue weighted by Gasteiger charge is -2.32. The van der Waals surface area contributed by atoms with Gasteiger partial charge in [0.1, 0.15) is 12.2 Å². The molecule has 18 heteroatoms. The van der Waals surface area contributed by atoms with Crippen LogP contribution in [0.3, 0.4) is 0 Å². The number of fused-ring (bicyclic) bond motifs is 1. The zero-order chi connectivity index (χ0) is 36.9. The number of carbonyl (C=O) groups is 2. The number of halogens is 2. The smallest absolute Gasteiger partial charge is 0.319 e. The largest absolute Gasteiger partial charge is 0.465 e. The number of hydrogen-bond donors (Lipinski definition) is 5. The summed E-state index contributed by atoms with van der Waals surface area (Å²) in [7, 11) is 0. The number of amides is 2. The lowest BCUT2D eigenvalue weighted by Crippen LogP contribution is -2.49. The predicted octanol–water partition coefficient (Wildman–Crippen LogP) is 4.27. The Morgan fingerprint density at radius 3 is 2.65 bits per heavy atom. The number of nitrogens with one attached hydrogen (secondary N) is 3. The van der Waals surface area contributed by atoms with Crippen LogP contribution in [-0.2, 0) is 19.0 Å². The number of anilines is 3. The molecule has 2 aromatic heterocycles. The van der Waals surface area contributed by atoms with Crippen LogP contribution in [0, 0.1) is 18.3 Å². The van der Waals surface area contributed by atoms with E-state index in [2.05, 4.69) is 36.8 Å². The van der Waals surface area contributed by atoms with Gasteiger partial charge in [0.15, 0.2) is 34.4 Å². The maximum absolute atomic E-state index is 12.8. The Morgan fingerprint density at radius 1 is 1.24 bits per heavy atom. The van der Waals surface area contributed by atoms with Gasteiger partial charge in [-0.2, -0.15) is 9.97 Å². The van der Waals surface area contributed by atoms with Gasteiger partial charge < -0.3 is 45.3 Å². The summed E-state index contributed by atoms with van der Waals surface area (Å²) in [5, 5.41) is 33.3. The third-order valence-electron chi connectivity index (χ3n) is 8.11. The van der Waals surface area contributed by atoms with E-state index in [1.54, 1.807) is 48.4 Å². The van der Waals surface area contributed by atoms with Crippen LogP contribution in [0.25, 0.3) is 11.2 Å². The lowest BCUT2D eigenvalue weighted by atomic mass is 9.93. The molecule has 0 bridgehead atoms. The zero-order valence-electron chi connectivity index (χ0n) is 28.4. The molecule has 0 spiro atoms. The third-order valence-corrected chi connectivity index (χ3v) is 9.50. The molecule has 1 fully saturated rings. The molecule has 0 aliphatic carbocycles. The lowest BCUT2D eigenvalue weighted by molar-refractivity contribution is -0.146. The molecule has 5 N–H and O–H groups in total. The first-order valence-electron chi connectivity index (χ1n) is 16.3. The van der Waals surface area contributed by atoms with E-state index < -0.39 is 41.5 Å². The highest BCUT2D eigenvalue weighted by molar-refractivity contribution is 8.03. The van der Waals surface area contributed by atoms with E-state index in [0.29, 0.717) is 47.3 Å². The average Bonchev–Trinajstić information content (AvgIpc) is 3.78. The molecule has 2 unspecified atom stereocenters. The van der Waals surface area contributed by atoms with Gasteiger partial charge in [-0.15, -0.1) is 18.0 Å². The summed E-state index contributed by atoms with van der Waals surface area (Å²) in [6, 6.07) is 6.62. The third kappa shape index (κ3) is 8.30. The standard InChI is InChI=1S/C33H40Cl2N8O7S/c1-6-33(47)23(50-28(25(33)44)42-17-37-24-26(38-18(3)4)40-30(35)41-27(24)42)15-49-32-43(22(16-51-32)19(5)29(45)48-7-2)21-11-9-20(10-12-21)39-31(46)36-14-8-13-34/h1,9-12,16-19,23,25,28,32,44,47H,7-8,13-15H2,2-5H3,(H2,36,39,46)(H,38,40,41)/t19?,23-,25+,28-,32?,33-/m1/s1. The summed E-state index contributed by atoms with van der Waals surface area (Å²) < 4.78 is 19.2. The molecular formula is C33H40Cl2N8O7S. The molecule has 2 aliphatic heterocycles. The van der Waals surface area contributed by atoms with E-state index in [1.165, 1.54) is 22.7 Å². The van der Waals surface area contributed by atoms with Crippen LogP contribution < -0.4 is 20.9 Å². The Hall–Kier alpha value is -3.82. The molecule has 1 aromatic carbocycles. The van der Waals surface area contributed by atoms with Crippen molar-refractivity contribution >= 4 is 75.3 Å². The van der Waals surface area contributed by atoms with Crippen molar-refractivity contribution in [2.24, 2.45) is 5.92 Å². The van der Waals surface area contributed by atoms with E-state index in [0.717, 1.165) is 0 Å². The molecule has 51 heavy (non-hydrogen) atoms. The minimum atomic E-state index is -2.17. The number of aromatic nitrogens is 4. The quantitative estimate of drug-likeness (QED) is 0.0516. The van der Waals surface area contributed by atoms with Crippen LogP contribution in [0.15, 0.2) is 41.7 Å². The number of hydrogen-bond acceptors (Lipinski definition) is 13. The zero-order valence-corrected chi connectivity index (χ0v) is 30.7. The minimum absolute atomic E-state index is 0.0153. The molecule has 5 rings (SSSR count). The van der Waals surface area contributed by atoms with Crippen LogP contribution in [0.4, 0.5) is 22.0 Å². The van der Waals surface area contributed by atoms with Crippen molar-refractivity contribution < 1.29 is 34.0 Å². The summed E-state index contributed by atoms with van der Waals surface area (Å²) in [6.45, 7) is 7.71. The Balaban J connectivity index is 1.37. The fourth-order valence-corrected chi connectivity index (χ4v) is 6.93. The van der Waals surface area contributed by atoms with Crippen LogP contribution >= 0.6 is 35.0 Å². The molecular weight excluding hydrogens is 723 g/mol. The Morgan fingerprint density at radius 2 is 1.98 bits per heavy atom. The van der Waals surface area contributed by atoms with E-state index in [9.17, 15) is 19.8 Å². The number of nitrogens with zero attached hydrogens (tertiary/aromatic N) is 5. The van der Waals surface area contributed by atoms with Gasteiger partial charge in [0.2, 0.25) is 5.28 Å². The van der Waals surface area contributed by atoms with Gasteiger partial charge in [-0.05, 0) is 75.4 Å². The van der Waals surface area contributed by atoms with E-state index >= 15 is 0 Å². The van der Waals surface area contributed by atoms with Gasteiger partial charge >= 0.3 is 12.0 Å². The normalized spacial score (nSPS) is 23.6. The molecule has 0 saturated carbocycles. The topological polar surface area (TPSA) is 185 Å². The summed E-state index contributed by atoms with van der Waals surface area (Å²) in [6.07, 6.45) is 3.81. The number of esters is 1. The Labute approximate surface area is 309 Å². The summed E-state index contributed by atoms with van der Waals surface area (Å²) in [5.41, 5.74) is -0.488. The number of aliphatic hydroxyl groups excluding tert-OH is 1. The Bertz CT molecular complexity index is 1790. The van der Waals surface area contributed by atoms with Crippen LogP contribution in [0.5, 0.6) is 0 Å². The van der Waals surface area contributed by atoms with Crippen molar-refractivity contribution in [3.8, 4) is 12.3 Å². The fraction of sp³-hybridized carbons (Fsp3) is 0.485.